The minimum absolute atomic E-state index is 0.0536. The molecule has 29 heavy (non-hydrogen) atoms. The highest BCUT2D eigenvalue weighted by Crippen LogP contribution is 2.34. The molecule has 1 aliphatic heterocycles. The van der Waals surface area contributed by atoms with E-state index in [4.69, 9.17) is 15.2 Å². The number of imidazole rings is 1. The molecule has 2 aromatic carbocycles. The van der Waals surface area contributed by atoms with Crippen molar-refractivity contribution in [3.63, 3.8) is 0 Å². The molecule has 0 aliphatic carbocycles. The number of aromatic amines is 1. The molecule has 1 amide bonds. The van der Waals surface area contributed by atoms with Crippen molar-refractivity contribution in [3.8, 4) is 34.3 Å². The van der Waals surface area contributed by atoms with Crippen LogP contribution in [0.15, 0.2) is 47.3 Å². The standard InChI is InChI=1S/C19H13N5O5/c20-16(26)14-15-18(23-17(21-14)10-3-1-2-4-11(10)25)24(19(27)22-15)9-5-6-12-13(7-9)29-8-28-12/h1-7,25H,8H2,(H2,20,26)(H,22,27). The Morgan fingerprint density at radius 3 is 2.72 bits per heavy atom. The number of aromatic hydroxyl groups is 1. The number of nitrogens with two attached hydrogens (primary N) is 1. The summed E-state index contributed by atoms with van der Waals surface area (Å²) in [6.45, 7) is 0.0903. The van der Waals surface area contributed by atoms with Gasteiger partial charge < -0.3 is 25.3 Å². The maximum Gasteiger partial charge on any atom is 0.332 e. The molecule has 0 unspecified atom stereocenters. The van der Waals surface area contributed by atoms with Crippen molar-refractivity contribution in [1.29, 1.82) is 0 Å². The lowest BCUT2D eigenvalue weighted by molar-refractivity contribution is 0.0997. The minimum atomic E-state index is -0.840. The van der Waals surface area contributed by atoms with Gasteiger partial charge in [-0.25, -0.2) is 19.3 Å². The molecule has 144 valence electrons. The molecule has 4 N–H and O–H groups in total. The number of phenolic OH excluding ortho intramolecular Hbond substituents is 1. The minimum Gasteiger partial charge on any atom is -0.507 e. The lowest BCUT2D eigenvalue weighted by atomic mass is 10.2. The van der Waals surface area contributed by atoms with Crippen molar-refractivity contribution in [2.45, 2.75) is 0 Å². The third kappa shape index (κ3) is 2.57. The van der Waals surface area contributed by atoms with Crippen LogP contribution in [-0.4, -0.2) is 37.3 Å². The normalized spacial score (nSPS) is 12.4. The average molecular weight is 391 g/mol. The van der Waals surface area contributed by atoms with Gasteiger partial charge in [-0.05, 0) is 24.3 Å². The van der Waals surface area contributed by atoms with Crippen molar-refractivity contribution in [3.05, 3.63) is 58.6 Å². The fraction of sp³-hybridized carbons (Fsp3) is 0.0526. The molecule has 10 heteroatoms. The van der Waals surface area contributed by atoms with Gasteiger partial charge in [0.05, 0.1) is 11.3 Å². The highest BCUT2D eigenvalue weighted by Gasteiger charge is 2.22. The van der Waals surface area contributed by atoms with Gasteiger partial charge in [-0.2, -0.15) is 0 Å². The number of hydrogen-bond donors (Lipinski definition) is 3. The van der Waals surface area contributed by atoms with Crippen molar-refractivity contribution in [1.82, 2.24) is 19.5 Å². The van der Waals surface area contributed by atoms with Gasteiger partial charge in [0.25, 0.3) is 5.91 Å². The first-order valence-corrected chi connectivity index (χ1v) is 8.54. The van der Waals surface area contributed by atoms with Crippen molar-refractivity contribution < 1.29 is 19.4 Å². The fourth-order valence-corrected chi connectivity index (χ4v) is 3.21. The molecule has 0 saturated carbocycles. The zero-order valence-corrected chi connectivity index (χ0v) is 14.7. The Morgan fingerprint density at radius 1 is 1.14 bits per heavy atom. The second-order valence-corrected chi connectivity index (χ2v) is 6.28. The number of rotatable bonds is 3. The number of ether oxygens (including phenoxy) is 2. The van der Waals surface area contributed by atoms with Gasteiger partial charge in [-0.1, -0.05) is 12.1 Å². The molecule has 0 atom stereocenters. The van der Waals surface area contributed by atoms with Gasteiger partial charge in [-0.3, -0.25) is 4.79 Å². The fourth-order valence-electron chi connectivity index (χ4n) is 3.21. The van der Waals surface area contributed by atoms with Gasteiger partial charge >= 0.3 is 5.69 Å². The number of nitrogens with one attached hydrogen (secondary N) is 1. The largest absolute Gasteiger partial charge is 0.507 e. The molecular formula is C19H13N5O5. The van der Waals surface area contributed by atoms with Gasteiger partial charge in [-0.15, -0.1) is 0 Å². The number of H-pyrrole nitrogens is 1. The first-order valence-electron chi connectivity index (χ1n) is 8.54. The van der Waals surface area contributed by atoms with E-state index in [1.807, 2.05) is 0 Å². The predicted octanol–water partition coefficient (Wildman–Crippen LogP) is 1.31. The summed E-state index contributed by atoms with van der Waals surface area (Å²) >= 11 is 0. The summed E-state index contributed by atoms with van der Waals surface area (Å²) in [5, 5.41) is 10.2. The molecule has 5 rings (SSSR count). The number of hydrogen-bond acceptors (Lipinski definition) is 7. The average Bonchev–Trinajstić information content (AvgIpc) is 3.30. The van der Waals surface area contributed by atoms with E-state index in [-0.39, 0.29) is 35.2 Å². The molecule has 2 aromatic heterocycles. The van der Waals surface area contributed by atoms with Gasteiger partial charge in [0.15, 0.2) is 28.7 Å². The summed E-state index contributed by atoms with van der Waals surface area (Å²) < 4.78 is 11.9. The van der Waals surface area contributed by atoms with Gasteiger partial charge in [0.1, 0.15) is 11.3 Å². The van der Waals surface area contributed by atoms with Crippen LogP contribution in [0.1, 0.15) is 10.5 Å². The molecule has 0 fully saturated rings. The Bertz CT molecular complexity index is 1360. The summed E-state index contributed by atoms with van der Waals surface area (Å²) in [5.74, 6) is 0.179. The zero-order valence-electron chi connectivity index (χ0n) is 14.7. The number of primary amides is 1. The van der Waals surface area contributed by atoms with Crippen LogP contribution in [0.25, 0.3) is 28.2 Å². The molecule has 3 heterocycles. The number of aromatic nitrogens is 4. The van der Waals surface area contributed by atoms with E-state index >= 15 is 0 Å². The number of carbonyl (C=O) groups excluding carboxylic acids is 1. The van der Waals surface area contributed by atoms with E-state index in [0.717, 1.165) is 0 Å². The summed E-state index contributed by atoms with van der Waals surface area (Å²) in [6.07, 6.45) is 0. The number of amides is 1. The van der Waals surface area contributed by atoms with Crippen LogP contribution in [-0.2, 0) is 0 Å². The van der Waals surface area contributed by atoms with Crippen LogP contribution in [0.5, 0.6) is 17.2 Å². The van der Waals surface area contributed by atoms with Gasteiger partial charge in [0, 0.05) is 6.07 Å². The topological polar surface area (TPSA) is 145 Å². The van der Waals surface area contributed by atoms with Crippen LogP contribution in [0, 0.1) is 0 Å². The molecule has 1 aliphatic rings. The third-order valence-corrected chi connectivity index (χ3v) is 4.53. The van der Waals surface area contributed by atoms with Crippen LogP contribution in [0.3, 0.4) is 0 Å². The Morgan fingerprint density at radius 2 is 1.93 bits per heavy atom. The van der Waals surface area contributed by atoms with E-state index < -0.39 is 11.6 Å². The number of benzene rings is 2. The Labute approximate surface area is 162 Å². The van der Waals surface area contributed by atoms with Crippen molar-refractivity contribution in [2.24, 2.45) is 5.73 Å². The smallest absolute Gasteiger partial charge is 0.332 e. The van der Waals surface area contributed by atoms with E-state index in [2.05, 4.69) is 15.0 Å². The summed E-state index contributed by atoms with van der Waals surface area (Å²) in [7, 11) is 0. The van der Waals surface area contributed by atoms with Crippen molar-refractivity contribution >= 4 is 17.1 Å². The number of carbonyl (C=O) groups is 1. The second kappa shape index (κ2) is 6.09. The molecule has 0 bridgehead atoms. The first kappa shape index (κ1) is 16.8. The number of para-hydroxylation sites is 1. The summed E-state index contributed by atoms with van der Waals surface area (Å²) in [5.41, 5.74) is 5.75. The van der Waals surface area contributed by atoms with E-state index in [0.29, 0.717) is 22.7 Å². The maximum atomic E-state index is 12.7. The monoisotopic (exact) mass is 391 g/mol. The Hall–Kier alpha value is -4.34. The number of fused-ring (bicyclic) bond motifs is 2. The summed E-state index contributed by atoms with van der Waals surface area (Å²) in [4.78, 5) is 35.9. The molecule has 4 aromatic rings. The Balaban J connectivity index is 1.82. The van der Waals surface area contributed by atoms with E-state index in [1.165, 1.54) is 10.6 Å². The molecule has 0 radical (unpaired) electrons. The predicted molar refractivity (Wildman–Crippen MR) is 101 cm³/mol. The molecule has 10 nitrogen and oxygen atoms in total. The van der Waals surface area contributed by atoms with Crippen LogP contribution >= 0.6 is 0 Å². The lowest BCUT2D eigenvalue weighted by Gasteiger charge is -2.08. The van der Waals surface area contributed by atoms with Gasteiger partial charge in [0.2, 0.25) is 6.79 Å². The van der Waals surface area contributed by atoms with Crippen LogP contribution in [0.2, 0.25) is 0 Å². The molecule has 0 spiro atoms. The number of nitrogens with zero attached hydrogens (tertiary/aromatic N) is 3. The summed E-state index contributed by atoms with van der Waals surface area (Å²) in [6, 6.07) is 11.4. The van der Waals surface area contributed by atoms with E-state index in [9.17, 15) is 14.7 Å². The highest BCUT2D eigenvalue weighted by atomic mass is 16.7. The first-order chi connectivity index (χ1) is 14.0. The third-order valence-electron chi connectivity index (χ3n) is 4.53. The molecule has 0 saturated heterocycles. The highest BCUT2D eigenvalue weighted by molar-refractivity contribution is 6.02. The van der Waals surface area contributed by atoms with Crippen molar-refractivity contribution in [2.75, 3.05) is 6.79 Å². The Kier molecular flexibility index (Phi) is 3.53. The van der Waals surface area contributed by atoms with Crippen LogP contribution < -0.4 is 20.9 Å². The lowest BCUT2D eigenvalue weighted by Crippen LogP contribution is -2.15. The maximum absolute atomic E-state index is 12.7. The molecular weight excluding hydrogens is 378 g/mol. The quantitative estimate of drug-likeness (QED) is 0.477. The van der Waals surface area contributed by atoms with Crippen LogP contribution in [0.4, 0.5) is 0 Å². The number of phenols is 1. The zero-order chi connectivity index (χ0) is 20.1. The SMILES string of the molecule is NC(=O)c1nc(-c2ccccc2O)nc2c1[nH]c(=O)n2-c1ccc2c(c1)OCO2. The second-order valence-electron chi connectivity index (χ2n) is 6.28. The van der Waals surface area contributed by atoms with E-state index in [1.54, 1.807) is 36.4 Å².